The van der Waals surface area contributed by atoms with E-state index in [1.807, 2.05) is 12.2 Å². The van der Waals surface area contributed by atoms with Crippen molar-refractivity contribution in [1.29, 1.82) is 0 Å². The second-order valence-corrected chi connectivity index (χ2v) is 2.16. The van der Waals surface area contributed by atoms with Crippen molar-refractivity contribution in [3.8, 4) is 0 Å². The molecule has 0 spiro atoms. The smallest absolute Gasteiger partial charge is 0.106 e. The maximum Gasteiger partial charge on any atom is 0.106 e. The minimum absolute atomic E-state index is 0.301. The Hall–Kier alpha value is -1.05. The summed E-state index contributed by atoms with van der Waals surface area (Å²) in [6, 6.07) is 0.602. The predicted molar refractivity (Wildman–Crippen MR) is 36.5 cm³/mol. The number of nitrogens with zero attached hydrogens (tertiary/aromatic N) is 2. The van der Waals surface area contributed by atoms with Crippen molar-refractivity contribution in [2.75, 3.05) is 0 Å². The molecule has 9 heavy (non-hydrogen) atoms. The molecule has 2 unspecified atom stereocenters. The highest BCUT2D eigenvalue weighted by molar-refractivity contribution is 5.60. The molecule has 0 aromatic carbocycles. The Kier molecular flexibility index (Phi) is 0.918. The Labute approximate surface area is 54.0 Å². The molecule has 1 radical (unpaired) electrons. The van der Waals surface area contributed by atoms with Crippen LogP contribution in [0.25, 0.3) is 0 Å². The fraction of sp³-hybridized carbons (Fsp3) is 0.286. The zero-order valence-corrected chi connectivity index (χ0v) is 4.94. The number of hydrogen-bond donors (Lipinski definition) is 0. The summed E-state index contributed by atoms with van der Waals surface area (Å²) in [7, 11) is 0. The molecule has 2 rings (SSSR count). The average Bonchev–Trinajstić information content (AvgIpc) is 2.33. The van der Waals surface area contributed by atoms with Gasteiger partial charge in [0.2, 0.25) is 0 Å². The fourth-order valence-electron chi connectivity index (χ4n) is 1.05. The first kappa shape index (κ1) is 4.79. The van der Waals surface area contributed by atoms with E-state index in [4.69, 9.17) is 0 Å². The quantitative estimate of drug-likeness (QED) is 0.444. The third-order valence-corrected chi connectivity index (χ3v) is 1.56. The van der Waals surface area contributed by atoms with Crippen molar-refractivity contribution in [2.24, 2.45) is 4.99 Å². The molecule has 2 aliphatic rings. The van der Waals surface area contributed by atoms with Crippen molar-refractivity contribution in [2.45, 2.75) is 12.1 Å². The largest absolute Gasteiger partial charge is 0.264 e. The van der Waals surface area contributed by atoms with Gasteiger partial charge in [-0.1, -0.05) is 24.3 Å². The Balaban J connectivity index is 2.25. The van der Waals surface area contributed by atoms with E-state index in [2.05, 4.69) is 22.5 Å². The molecule has 2 heteroatoms. The van der Waals surface area contributed by atoms with Crippen LogP contribution in [0.2, 0.25) is 0 Å². The molecule has 0 bridgehead atoms. The third-order valence-electron chi connectivity index (χ3n) is 1.56. The maximum absolute atomic E-state index is 4.13. The van der Waals surface area contributed by atoms with E-state index in [-0.39, 0.29) is 0 Å². The lowest BCUT2D eigenvalue weighted by atomic mass is 10.1. The third kappa shape index (κ3) is 0.669. The van der Waals surface area contributed by atoms with E-state index in [0.717, 1.165) is 0 Å². The van der Waals surface area contributed by atoms with E-state index in [0.29, 0.717) is 12.1 Å². The van der Waals surface area contributed by atoms with Crippen LogP contribution in [0.5, 0.6) is 0 Å². The van der Waals surface area contributed by atoms with Crippen molar-refractivity contribution < 1.29 is 0 Å². The lowest BCUT2D eigenvalue weighted by molar-refractivity contribution is 0.689. The van der Waals surface area contributed by atoms with Gasteiger partial charge in [-0.05, 0) is 0 Å². The van der Waals surface area contributed by atoms with Gasteiger partial charge >= 0.3 is 0 Å². The Morgan fingerprint density at radius 1 is 1.00 bits per heavy atom. The van der Waals surface area contributed by atoms with Crippen LogP contribution in [0, 0.1) is 0 Å². The summed E-state index contributed by atoms with van der Waals surface area (Å²) in [6.07, 6.45) is 9.81. The predicted octanol–water partition coefficient (Wildman–Crippen LogP) is 0.496. The van der Waals surface area contributed by atoms with Crippen LogP contribution >= 0.6 is 0 Å². The molecule has 0 aromatic heterocycles. The monoisotopic (exact) mass is 119 g/mol. The topological polar surface area (TPSA) is 26.5 Å². The summed E-state index contributed by atoms with van der Waals surface area (Å²) in [5, 5.41) is 4.13. The SMILES string of the molecule is C1=CC2[N]C=NC2C=C1. The van der Waals surface area contributed by atoms with Crippen LogP contribution < -0.4 is 5.32 Å². The molecule has 0 fully saturated rings. The van der Waals surface area contributed by atoms with Crippen LogP contribution in [0.1, 0.15) is 0 Å². The lowest BCUT2D eigenvalue weighted by Crippen LogP contribution is -2.24. The highest BCUT2D eigenvalue weighted by atomic mass is 15.1. The molecule has 0 aromatic rings. The van der Waals surface area contributed by atoms with Crippen molar-refractivity contribution in [3.05, 3.63) is 24.3 Å². The molecule has 0 N–H and O–H groups in total. The number of allylic oxidation sites excluding steroid dienone is 2. The Morgan fingerprint density at radius 2 is 1.78 bits per heavy atom. The lowest BCUT2D eigenvalue weighted by Gasteiger charge is -2.10. The van der Waals surface area contributed by atoms with Gasteiger partial charge in [-0.25, -0.2) is 0 Å². The second-order valence-electron chi connectivity index (χ2n) is 2.16. The second kappa shape index (κ2) is 1.72. The van der Waals surface area contributed by atoms with Gasteiger partial charge in [0.15, 0.2) is 0 Å². The van der Waals surface area contributed by atoms with Crippen molar-refractivity contribution >= 4 is 6.34 Å². The van der Waals surface area contributed by atoms with Crippen molar-refractivity contribution in [3.63, 3.8) is 0 Å². The summed E-state index contributed by atoms with van der Waals surface area (Å²) in [6.45, 7) is 0. The normalized spacial score (nSPS) is 36.4. The molecule has 0 amide bonds. The van der Waals surface area contributed by atoms with Gasteiger partial charge < -0.3 is 0 Å². The van der Waals surface area contributed by atoms with Crippen LogP contribution in [0.3, 0.4) is 0 Å². The molecular weight excluding hydrogens is 112 g/mol. The summed E-state index contributed by atoms with van der Waals surface area (Å²) in [5.74, 6) is 0. The molecule has 2 nitrogen and oxygen atoms in total. The minimum Gasteiger partial charge on any atom is -0.264 e. The van der Waals surface area contributed by atoms with E-state index >= 15 is 0 Å². The minimum atomic E-state index is 0.301. The van der Waals surface area contributed by atoms with Gasteiger partial charge in [-0.2, -0.15) is 0 Å². The molecule has 1 aliphatic carbocycles. The number of rotatable bonds is 0. The summed E-state index contributed by atoms with van der Waals surface area (Å²) in [4.78, 5) is 4.13. The Morgan fingerprint density at radius 3 is 2.56 bits per heavy atom. The van der Waals surface area contributed by atoms with E-state index in [1.54, 1.807) is 6.34 Å². The van der Waals surface area contributed by atoms with E-state index in [9.17, 15) is 0 Å². The molecule has 1 aliphatic heterocycles. The molecule has 45 valence electrons. The maximum atomic E-state index is 4.13. The van der Waals surface area contributed by atoms with Gasteiger partial charge in [0.05, 0.1) is 12.1 Å². The Bertz CT molecular complexity index is 191. The number of aliphatic imine (C=N–C) groups is 1. The number of fused-ring (bicyclic) bond motifs is 1. The number of hydrogen-bond acceptors (Lipinski definition) is 1. The van der Waals surface area contributed by atoms with Gasteiger partial charge in [0.25, 0.3) is 0 Å². The molecule has 1 heterocycles. The van der Waals surface area contributed by atoms with Gasteiger partial charge in [0, 0.05) is 0 Å². The van der Waals surface area contributed by atoms with Crippen LogP contribution in [0.15, 0.2) is 29.3 Å². The van der Waals surface area contributed by atoms with Gasteiger partial charge in [0.1, 0.15) is 6.34 Å². The highest BCUT2D eigenvalue weighted by Crippen LogP contribution is 2.12. The van der Waals surface area contributed by atoms with Gasteiger partial charge in [-0.3, -0.25) is 10.3 Å². The summed E-state index contributed by atoms with van der Waals surface area (Å²) >= 11 is 0. The zero-order valence-electron chi connectivity index (χ0n) is 4.94. The first-order chi connectivity index (χ1) is 4.47. The summed E-state index contributed by atoms with van der Waals surface area (Å²) < 4.78 is 0. The van der Waals surface area contributed by atoms with E-state index < -0.39 is 0 Å². The zero-order chi connectivity index (χ0) is 6.10. The molecular formula is C7H7N2. The standard InChI is InChI=1S/C7H7N2/c1-2-4-7-6(3-1)8-5-9-7/h1-7H. The molecule has 0 saturated heterocycles. The van der Waals surface area contributed by atoms with Crippen LogP contribution in [-0.2, 0) is 0 Å². The van der Waals surface area contributed by atoms with Gasteiger partial charge in [-0.15, -0.1) is 0 Å². The molecule has 0 saturated carbocycles. The summed E-state index contributed by atoms with van der Waals surface area (Å²) in [5.41, 5.74) is 0. The first-order valence-corrected chi connectivity index (χ1v) is 3.03. The van der Waals surface area contributed by atoms with Crippen LogP contribution in [-0.4, -0.2) is 18.4 Å². The fourth-order valence-corrected chi connectivity index (χ4v) is 1.05. The highest BCUT2D eigenvalue weighted by Gasteiger charge is 2.20. The average molecular weight is 119 g/mol. The van der Waals surface area contributed by atoms with E-state index in [1.165, 1.54) is 0 Å². The van der Waals surface area contributed by atoms with Crippen LogP contribution in [0.4, 0.5) is 0 Å². The molecule has 2 atom stereocenters. The van der Waals surface area contributed by atoms with Crippen molar-refractivity contribution in [1.82, 2.24) is 5.32 Å². The first-order valence-electron chi connectivity index (χ1n) is 3.03.